The Bertz CT molecular complexity index is 509. The van der Waals surface area contributed by atoms with E-state index in [1.807, 2.05) is 13.8 Å². The van der Waals surface area contributed by atoms with Crippen molar-refractivity contribution in [3.05, 3.63) is 14.9 Å². The van der Waals surface area contributed by atoms with Crippen LogP contribution in [-0.4, -0.2) is 20.8 Å². The van der Waals surface area contributed by atoms with Gasteiger partial charge in [-0.3, -0.25) is 0 Å². The van der Waals surface area contributed by atoms with Crippen molar-refractivity contribution in [1.29, 1.82) is 0 Å². The zero-order valence-electron chi connectivity index (χ0n) is 10.7. The maximum atomic E-state index is 12.1. The minimum absolute atomic E-state index is 0.125. The fraction of sp³-hybridized carbons (Fsp3) is 0.636. The summed E-state index contributed by atoms with van der Waals surface area (Å²) < 4.78 is 27.7. The molecule has 0 aliphatic heterocycles. The van der Waals surface area contributed by atoms with Crippen molar-refractivity contribution in [3.8, 4) is 0 Å². The standard InChI is InChI=1S/C11H16BrCl2NO2S2/c1-11(2,4-3-5-13)7-15-19(16,17)9-6-8(14)10(12)18-9/h6,15H,3-5,7H2,1-2H3. The highest BCUT2D eigenvalue weighted by Gasteiger charge is 2.24. The molecule has 110 valence electrons. The Balaban J connectivity index is 2.70. The number of rotatable bonds is 7. The summed E-state index contributed by atoms with van der Waals surface area (Å²) in [5, 5.41) is 0.409. The van der Waals surface area contributed by atoms with Crippen LogP contribution in [0.25, 0.3) is 0 Å². The maximum Gasteiger partial charge on any atom is 0.250 e. The molecule has 0 bridgehead atoms. The molecule has 1 N–H and O–H groups in total. The third-order valence-corrected chi connectivity index (χ3v) is 7.23. The van der Waals surface area contributed by atoms with E-state index in [1.165, 1.54) is 6.07 Å². The van der Waals surface area contributed by atoms with E-state index in [1.54, 1.807) is 0 Å². The molecule has 0 spiro atoms. The summed E-state index contributed by atoms with van der Waals surface area (Å²) in [6.45, 7) is 4.40. The third kappa shape index (κ3) is 5.52. The Morgan fingerprint density at radius 2 is 2.11 bits per heavy atom. The van der Waals surface area contributed by atoms with Gasteiger partial charge in [0.05, 0.1) is 8.81 Å². The van der Waals surface area contributed by atoms with E-state index in [0.717, 1.165) is 24.2 Å². The summed E-state index contributed by atoms with van der Waals surface area (Å²) in [5.74, 6) is 0.587. The SMILES string of the molecule is CC(C)(CCCCl)CNS(=O)(=O)c1cc(Cl)c(Br)s1. The van der Waals surface area contributed by atoms with E-state index in [2.05, 4.69) is 20.7 Å². The van der Waals surface area contributed by atoms with Crippen molar-refractivity contribution in [1.82, 2.24) is 4.72 Å². The van der Waals surface area contributed by atoms with Gasteiger partial charge < -0.3 is 0 Å². The van der Waals surface area contributed by atoms with E-state index in [0.29, 0.717) is 21.2 Å². The van der Waals surface area contributed by atoms with Crippen LogP contribution in [0.15, 0.2) is 14.1 Å². The number of nitrogens with one attached hydrogen (secondary N) is 1. The van der Waals surface area contributed by atoms with Gasteiger partial charge in [0, 0.05) is 12.4 Å². The van der Waals surface area contributed by atoms with Crippen molar-refractivity contribution in [2.45, 2.75) is 30.9 Å². The lowest BCUT2D eigenvalue weighted by molar-refractivity contribution is 0.331. The van der Waals surface area contributed by atoms with Gasteiger partial charge in [0.15, 0.2) is 0 Å². The second kappa shape index (κ2) is 7.09. The van der Waals surface area contributed by atoms with E-state index < -0.39 is 10.0 Å². The summed E-state index contributed by atoms with van der Waals surface area (Å²) in [5.41, 5.74) is -0.125. The molecule has 3 nitrogen and oxygen atoms in total. The average molecular weight is 409 g/mol. The number of halogens is 3. The molecule has 8 heteroatoms. The fourth-order valence-electron chi connectivity index (χ4n) is 1.45. The summed E-state index contributed by atoms with van der Waals surface area (Å²) in [4.78, 5) is 0. The quantitative estimate of drug-likeness (QED) is 0.675. The molecule has 0 aliphatic rings. The van der Waals surface area contributed by atoms with Gasteiger partial charge in [0.2, 0.25) is 10.0 Å². The first-order chi connectivity index (χ1) is 8.68. The van der Waals surface area contributed by atoms with Crippen LogP contribution in [0.5, 0.6) is 0 Å². The first-order valence-electron chi connectivity index (χ1n) is 5.68. The molecule has 0 unspecified atom stereocenters. The number of alkyl halides is 1. The van der Waals surface area contributed by atoms with Crippen LogP contribution < -0.4 is 4.72 Å². The number of sulfonamides is 1. The predicted octanol–water partition coefficient (Wildman–Crippen LogP) is 4.49. The van der Waals surface area contributed by atoms with E-state index in [9.17, 15) is 8.42 Å². The largest absolute Gasteiger partial charge is 0.250 e. The van der Waals surface area contributed by atoms with E-state index >= 15 is 0 Å². The Kier molecular flexibility index (Phi) is 6.61. The zero-order valence-corrected chi connectivity index (χ0v) is 15.4. The number of hydrogen-bond acceptors (Lipinski definition) is 3. The van der Waals surface area contributed by atoms with Crippen molar-refractivity contribution >= 4 is 60.5 Å². The van der Waals surface area contributed by atoms with Gasteiger partial charge in [-0.1, -0.05) is 25.4 Å². The highest BCUT2D eigenvalue weighted by Crippen LogP contribution is 2.34. The van der Waals surface area contributed by atoms with Gasteiger partial charge in [0.25, 0.3) is 0 Å². The van der Waals surface area contributed by atoms with Crippen molar-refractivity contribution in [3.63, 3.8) is 0 Å². The topological polar surface area (TPSA) is 46.2 Å². The molecule has 0 saturated carbocycles. The van der Waals surface area contributed by atoms with Gasteiger partial charge in [-0.2, -0.15) is 0 Å². The highest BCUT2D eigenvalue weighted by atomic mass is 79.9. The molecule has 1 aromatic heterocycles. The smallest absolute Gasteiger partial charge is 0.210 e. The van der Waals surface area contributed by atoms with Crippen LogP contribution in [0.3, 0.4) is 0 Å². The monoisotopic (exact) mass is 407 g/mol. The highest BCUT2D eigenvalue weighted by molar-refractivity contribution is 9.11. The average Bonchev–Trinajstić information content (AvgIpc) is 2.66. The third-order valence-electron chi connectivity index (χ3n) is 2.62. The maximum absolute atomic E-state index is 12.1. The lowest BCUT2D eigenvalue weighted by Crippen LogP contribution is -2.33. The van der Waals surface area contributed by atoms with E-state index in [4.69, 9.17) is 23.2 Å². The van der Waals surface area contributed by atoms with Crippen LogP contribution in [-0.2, 0) is 10.0 Å². The summed E-state index contributed by atoms with van der Waals surface area (Å²) in [6.07, 6.45) is 1.74. The molecule has 0 radical (unpaired) electrons. The van der Waals surface area contributed by atoms with Crippen molar-refractivity contribution < 1.29 is 8.42 Å². The molecule has 0 fully saturated rings. The van der Waals surface area contributed by atoms with Crippen LogP contribution in [0.4, 0.5) is 0 Å². The van der Waals surface area contributed by atoms with Crippen LogP contribution >= 0.6 is 50.5 Å². The Hall–Kier alpha value is 0.670. The first-order valence-corrected chi connectivity index (χ1v) is 9.69. The van der Waals surface area contributed by atoms with Gasteiger partial charge in [-0.15, -0.1) is 22.9 Å². The van der Waals surface area contributed by atoms with Crippen LogP contribution in [0, 0.1) is 5.41 Å². The minimum atomic E-state index is -3.50. The zero-order chi connectivity index (χ0) is 14.7. The molecule has 1 rings (SSSR count). The van der Waals surface area contributed by atoms with Gasteiger partial charge in [-0.25, -0.2) is 13.1 Å². The normalized spacial score (nSPS) is 12.9. The molecule has 1 aromatic rings. The van der Waals surface area contributed by atoms with Gasteiger partial charge in [-0.05, 0) is 40.3 Å². The molecular formula is C11H16BrCl2NO2S2. The fourth-order valence-corrected chi connectivity index (χ4v) is 5.27. The summed E-state index contributed by atoms with van der Waals surface area (Å²) in [7, 11) is -3.50. The Labute approximate surface area is 136 Å². The first kappa shape index (κ1) is 17.7. The molecule has 0 saturated heterocycles. The molecule has 1 heterocycles. The molecule has 0 aromatic carbocycles. The second-order valence-electron chi connectivity index (χ2n) is 4.97. The molecule has 0 aliphatic carbocycles. The van der Waals surface area contributed by atoms with Gasteiger partial charge in [0.1, 0.15) is 4.21 Å². The molecular weight excluding hydrogens is 393 g/mol. The van der Waals surface area contributed by atoms with Gasteiger partial charge >= 0.3 is 0 Å². The lowest BCUT2D eigenvalue weighted by atomic mass is 9.88. The van der Waals surface area contributed by atoms with Crippen LogP contribution in [0.2, 0.25) is 5.02 Å². The van der Waals surface area contributed by atoms with Crippen LogP contribution in [0.1, 0.15) is 26.7 Å². The summed E-state index contributed by atoms with van der Waals surface area (Å²) >= 11 is 15.8. The molecule has 19 heavy (non-hydrogen) atoms. The Morgan fingerprint density at radius 3 is 2.58 bits per heavy atom. The predicted molar refractivity (Wildman–Crippen MR) is 86.0 cm³/mol. The molecule has 0 amide bonds. The number of hydrogen-bond donors (Lipinski definition) is 1. The summed E-state index contributed by atoms with van der Waals surface area (Å²) in [6, 6.07) is 1.45. The second-order valence-corrected chi connectivity index (χ2v) is 10.1. The minimum Gasteiger partial charge on any atom is -0.210 e. The number of thiophene rings is 1. The lowest BCUT2D eigenvalue weighted by Gasteiger charge is -2.24. The Morgan fingerprint density at radius 1 is 1.47 bits per heavy atom. The van der Waals surface area contributed by atoms with Crippen molar-refractivity contribution in [2.24, 2.45) is 5.41 Å². The van der Waals surface area contributed by atoms with E-state index in [-0.39, 0.29) is 9.62 Å². The van der Waals surface area contributed by atoms with Crippen molar-refractivity contribution in [2.75, 3.05) is 12.4 Å². The molecule has 0 atom stereocenters.